The average molecular weight is 336 g/mol. The van der Waals surface area contributed by atoms with Crippen LogP contribution in [0.5, 0.6) is 0 Å². The maximum Gasteiger partial charge on any atom is 0.429 e. The number of nitrogens with one attached hydrogen (secondary N) is 1. The number of allylic oxidation sites excluding steroid dienone is 1. The van der Waals surface area contributed by atoms with Gasteiger partial charge in [0.05, 0.1) is 0 Å². The van der Waals surface area contributed by atoms with Crippen molar-refractivity contribution in [2.75, 3.05) is 7.05 Å². The van der Waals surface area contributed by atoms with Crippen LogP contribution in [-0.2, 0) is 11.3 Å². The van der Waals surface area contributed by atoms with E-state index >= 15 is 0 Å². The number of quaternary nitrogens is 2. The van der Waals surface area contributed by atoms with Gasteiger partial charge in [0.15, 0.2) is 5.70 Å². The summed E-state index contributed by atoms with van der Waals surface area (Å²) in [7, 11) is 1.45. The zero-order valence-electron chi connectivity index (χ0n) is 13.2. The number of imide groups is 1. The molecule has 1 aliphatic heterocycles. The Balaban J connectivity index is 2.39. The molecule has 1 aliphatic rings. The Hall–Kier alpha value is -2.02. The van der Waals surface area contributed by atoms with Gasteiger partial charge in [0.25, 0.3) is 5.70 Å². The van der Waals surface area contributed by atoms with E-state index in [2.05, 4.69) is 5.73 Å². The summed E-state index contributed by atoms with van der Waals surface area (Å²) in [6.45, 7) is 2.14. The lowest BCUT2D eigenvalue weighted by Gasteiger charge is -2.29. The molecule has 0 spiro atoms. The highest BCUT2D eigenvalue weighted by Crippen LogP contribution is 2.15. The zero-order valence-corrected chi connectivity index (χ0v) is 13.9. The Labute approximate surface area is 140 Å². The highest BCUT2D eigenvalue weighted by atomic mass is 35.5. The molecule has 122 valence electrons. The largest absolute Gasteiger partial charge is 0.797 e. The molecule has 2 atom stereocenters. The lowest BCUT2D eigenvalue weighted by Crippen LogP contribution is -3.15. The summed E-state index contributed by atoms with van der Waals surface area (Å²) >= 11 is 5.64. The van der Waals surface area contributed by atoms with Crippen LogP contribution in [0.2, 0.25) is 0 Å². The van der Waals surface area contributed by atoms with Gasteiger partial charge in [-0.25, -0.2) is 14.6 Å². The van der Waals surface area contributed by atoms with E-state index in [-0.39, 0.29) is 22.8 Å². The summed E-state index contributed by atoms with van der Waals surface area (Å²) in [4.78, 5) is 26.3. The van der Waals surface area contributed by atoms with Crippen LogP contribution in [0.4, 0.5) is 4.79 Å². The molecular formula is C16H20ClN4O2+. The van der Waals surface area contributed by atoms with E-state index in [0.717, 1.165) is 10.5 Å². The molecule has 0 bridgehead atoms. The van der Waals surface area contributed by atoms with Crippen molar-refractivity contribution in [3.8, 4) is 0 Å². The molecule has 0 saturated carbocycles. The van der Waals surface area contributed by atoms with Gasteiger partial charge < -0.3 is 11.1 Å². The summed E-state index contributed by atoms with van der Waals surface area (Å²) in [6.07, 6.45) is 0.293. The third kappa shape index (κ3) is 3.67. The Kier molecular flexibility index (Phi) is 5.30. The fourth-order valence-corrected chi connectivity index (χ4v) is 2.63. The number of hydrogen-bond acceptors (Lipinski definition) is 2. The molecule has 1 unspecified atom stereocenters. The van der Waals surface area contributed by atoms with E-state index < -0.39 is 5.91 Å². The molecule has 7 heteroatoms. The number of nitrogens with zero attached hydrogens (tertiary/aromatic N) is 2. The van der Waals surface area contributed by atoms with Crippen molar-refractivity contribution < 1.29 is 20.2 Å². The van der Waals surface area contributed by atoms with Crippen molar-refractivity contribution in [1.82, 2.24) is 4.90 Å². The Bertz CT molecular complexity index is 672. The fraction of sp³-hybridized carbons (Fsp3) is 0.312. The van der Waals surface area contributed by atoms with Crippen molar-refractivity contribution in [3.63, 3.8) is 0 Å². The number of halogens is 1. The predicted molar refractivity (Wildman–Crippen MR) is 87.2 cm³/mol. The number of hydrogen-bond donors (Lipinski definition) is 2. The highest BCUT2D eigenvalue weighted by molar-refractivity contribution is 6.66. The number of likely N-dealkylation sites (N-methyl/N-ethyl adjacent to an activating group) is 1. The smallest absolute Gasteiger partial charge is 0.429 e. The first kappa shape index (κ1) is 17.3. The van der Waals surface area contributed by atoms with Gasteiger partial charge in [-0.2, -0.15) is 0 Å². The van der Waals surface area contributed by atoms with Gasteiger partial charge in [0.1, 0.15) is 6.54 Å². The van der Waals surface area contributed by atoms with Crippen molar-refractivity contribution in [2.24, 2.45) is 5.92 Å². The first-order valence-corrected chi connectivity index (χ1v) is 7.69. The van der Waals surface area contributed by atoms with Crippen LogP contribution in [0.3, 0.4) is 0 Å². The van der Waals surface area contributed by atoms with Crippen LogP contribution in [-0.4, -0.2) is 29.1 Å². The highest BCUT2D eigenvalue weighted by Gasteiger charge is 2.43. The molecule has 0 aliphatic carbocycles. The van der Waals surface area contributed by atoms with Gasteiger partial charge >= 0.3 is 11.9 Å². The Morgan fingerprint density at radius 1 is 1.35 bits per heavy atom. The van der Waals surface area contributed by atoms with Gasteiger partial charge in [-0.15, -0.1) is 16.8 Å². The number of carbonyl (C=O) groups is 2. The minimum Gasteiger partial charge on any atom is -0.797 e. The molecule has 6 nitrogen and oxygen atoms in total. The quantitative estimate of drug-likeness (QED) is 0.760. The monoisotopic (exact) mass is 335 g/mol. The second kappa shape index (κ2) is 7.04. The lowest BCUT2D eigenvalue weighted by atomic mass is 10.0. The second-order valence-electron chi connectivity index (χ2n) is 5.70. The summed E-state index contributed by atoms with van der Waals surface area (Å²) in [5, 5.41) is 9.20. The fourth-order valence-electron chi connectivity index (χ4n) is 2.56. The second-order valence-corrected chi connectivity index (χ2v) is 6.08. The molecule has 1 aromatic rings. The van der Waals surface area contributed by atoms with Gasteiger partial charge in [0.2, 0.25) is 0 Å². The number of rotatable bonds is 5. The summed E-state index contributed by atoms with van der Waals surface area (Å²) in [6, 6.07) is 9.21. The van der Waals surface area contributed by atoms with Crippen LogP contribution in [0, 0.1) is 5.92 Å². The van der Waals surface area contributed by atoms with Gasteiger partial charge in [-0.05, 0) is 5.92 Å². The molecular weight excluding hydrogens is 316 g/mol. The average Bonchev–Trinajstić information content (AvgIpc) is 2.54. The van der Waals surface area contributed by atoms with Gasteiger partial charge in [-0.3, -0.25) is 4.79 Å². The van der Waals surface area contributed by atoms with E-state index in [9.17, 15) is 15.0 Å². The normalized spacial score (nSPS) is 20.0. The lowest BCUT2D eigenvalue weighted by molar-refractivity contribution is -0.798. The van der Waals surface area contributed by atoms with Crippen LogP contribution < -0.4 is 10.6 Å². The van der Waals surface area contributed by atoms with Crippen molar-refractivity contribution in [3.05, 3.63) is 52.7 Å². The zero-order chi connectivity index (χ0) is 17.1. The standard InChI is InChI=1S/C16H18ClN4O2/c1-10(14(17)19)8-12-13(18)15(22)20(2)16(23)21(12)9-11-6-4-3-5-7-11/h3-7,10H,8-9,18H2,1-2H3/q-1/p+2/t10-/m0/s1. The molecule has 2 rings (SSSR count). The van der Waals surface area contributed by atoms with E-state index in [1.54, 1.807) is 6.92 Å². The number of urea groups is 1. The molecule has 0 aromatic heterocycles. The van der Waals surface area contributed by atoms with Crippen LogP contribution in [0.25, 0.3) is 5.41 Å². The molecule has 0 saturated heterocycles. The summed E-state index contributed by atoms with van der Waals surface area (Å²) < 4.78 is 0. The van der Waals surface area contributed by atoms with Gasteiger partial charge in [-0.1, -0.05) is 37.3 Å². The topological polar surface area (TPSA) is 91.8 Å². The minimum absolute atomic E-state index is 0.247. The van der Waals surface area contributed by atoms with E-state index in [1.807, 2.05) is 30.3 Å². The molecule has 1 aromatic carbocycles. The number of carbonyl (C=O) groups excluding carboxylic acids is 2. The van der Waals surface area contributed by atoms with E-state index in [4.69, 9.17) is 11.6 Å². The SMILES string of the molecule is C[C@@H](CC1=C([NH3+])C(=O)N(C)C(=O)[NH+]1Cc1ccccc1)C(=[N-])Cl. The van der Waals surface area contributed by atoms with Crippen LogP contribution >= 0.6 is 11.6 Å². The van der Waals surface area contributed by atoms with Gasteiger partial charge in [0, 0.05) is 19.0 Å². The maximum absolute atomic E-state index is 12.6. The third-order valence-corrected chi connectivity index (χ3v) is 4.37. The number of amides is 3. The van der Waals surface area contributed by atoms with E-state index in [0.29, 0.717) is 23.6 Å². The van der Waals surface area contributed by atoms with E-state index in [1.165, 1.54) is 7.05 Å². The first-order valence-electron chi connectivity index (χ1n) is 7.31. The molecule has 1 heterocycles. The first-order chi connectivity index (χ1) is 10.8. The summed E-state index contributed by atoms with van der Waals surface area (Å²) in [5.41, 5.74) is 5.65. The molecule has 4 N–H and O–H groups in total. The molecule has 0 radical (unpaired) electrons. The van der Waals surface area contributed by atoms with Crippen molar-refractivity contribution >= 4 is 28.7 Å². The molecule has 23 heavy (non-hydrogen) atoms. The predicted octanol–water partition coefficient (Wildman–Crippen LogP) is 0.350. The molecule has 0 fully saturated rings. The maximum atomic E-state index is 12.6. The van der Waals surface area contributed by atoms with Crippen LogP contribution in [0.1, 0.15) is 18.9 Å². The summed E-state index contributed by atoms with van der Waals surface area (Å²) in [5.74, 6) is -0.790. The van der Waals surface area contributed by atoms with Crippen molar-refractivity contribution in [1.29, 1.82) is 0 Å². The van der Waals surface area contributed by atoms with Crippen LogP contribution in [0.15, 0.2) is 41.7 Å². The Morgan fingerprint density at radius 2 is 1.96 bits per heavy atom. The molecule has 3 amide bonds. The third-order valence-electron chi connectivity index (χ3n) is 3.99. The van der Waals surface area contributed by atoms with Crippen molar-refractivity contribution in [2.45, 2.75) is 19.9 Å². The Morgan fingerprint density at radius 3 is 2.52 bits per heavy atom. The minimum atomic E-state index is -0.414. The number of benzene rings is 1.